The highest BCUT2D eigenvalue weighted by Crippen LogP contribution is 2.59. The number of ether oxygens (including phenoxy) is 4. The molecule has 0 unspecified atom stereocenters. The smallest absolute Gasteiger partial charge is 0.323 e. The van der Waals surface area contributed by atoms with Gasteiger partial charge in [-0.2, -0.15) is 0 Å². The van der Waals surface area contributed by atoms with Crippen LogP contribution in [-0.2, 0) is 33.3 Å². The molecule has 0 saturated carbocycles. The van der Waals surface area contributed by atoms with Gasteiger partial charge in [-0.05, 0) is 35.3 Å². The molecule has 4 heterocycles. The molecule has 4 aliphatic rings. The molecule has 2 bridgehead atoms. The van der Waals surface area contributed by atoms with Crippen molar-refractivity contribution in [2.24, 2.45) is 17.3 Å². The molecule has 6 rings (SSSR count). The van der Waals surface area contributed by atoms with Crippen LogP contribution < -0.4 is 5.32 Å². The van der Waals surface area contributed by atoms with Crippen molar-refractivity contribution in [2.45, 2.75) is 24.8 Å². The van der Waals surface area contributed by atoms with Gasteiger partial charge in [-0.3, -0.25) is 19.7 Å². The van der Waals surface area contributed by atoms with Crippen LogP contribution in [-0.4, -0.2) is 51.1 Å². The van der Waals surface area contributed by atoms with E-state index < -0.39 is 53.5 Å². The van der Waals surface area contributed by atoms with Gasteiger partial charge >= 0.3 is 17.9 Å². The molecule has 188 valence electrons. The zero-order valence-electron chi connectivity index (χ0n) is 19.8. The van der Waals surface area contributed by atoms with Crippen molar-refractivity contribution in [3.63, 3.8) is 0 Å². The van der Waals surface area contributed by atoms with E-state index in [4.69, 9.17) is 30.5 Å². The average molecular weight is 512 g/mol. The number of nitrogens with one attached hydrogen (secondary N) is 1. The zero-order valence-corrected chi connectivity index (χ0v) is 20.6. The lowest BCUT2D eigenvalue weighted by atomic mass is 9.62. The van der Waals surface area contributed by atoms with Crippen molar-refractivity contribution >= 4 is 35.1 Å². The maximum absolute atomic E-state index is 13.8. The van der Waals surface area contributed by atoms with Crippen LogP contribution in [0.1, 0.15) is 23.6 Å². The highest BCUT2D eigenvalue weighted by molar-refractivity contribution is 6.30. The minimum Gasteiger partial charge on any atom is -0.468 e. The average Bonchev–Trinajstić information content (AvgIpc) is 3.31. The summed E-state index contributed by atoms with van der Waals surface area (Å²) in [6, 6.07) is 14.8. The van der Waals surface area contributed by atoms with Gasteiger partial charge in [0.2, 0.25) is 6.29 Å². The largest absolute Gasteiger partial charge is 0.468 e. The van der Waals surface area contributed by atoms with E-state index in [-0.39, 0.29) is 13.0 Å². The summed E-state index contributed by atoms with van der Waals surface area (Å²) in [5.41, 5.74) is 0.887. The van der Waals surface area contributed by atoms with Gasteiger partial charge in [0.25, 0.3) is 0 Å². The molecule has 2 fully saturated rings. The van der Waals surface area contributed by atoms with E-state index in [9.17, 15) is 14.4 Å². The van der Waals surface area contributed by atoms with Crippen LogP contribution in [0.2, 0.25) is 5.02 Å². The summed E-state index contributed by atoms with van der Waals surface area (Å²) >= 11 is 6.06. The maximum Gasteiger partial charge on any atom is 0.323 e. The number of benzene rings is 2. The number of rotatable bonds is 4. The normalized spacial score (nSPS) is 32.7. The lowest BCUT2D eigenvalue weighted by molar-refractivity contribution is -0.250. The number of methoxy groups -OCH3 is 2. The molecular formula is C27H26ClNO7. The molecule has 2 aromatic carbocycles. The molecule has 9 heteroatoms. The Kier molecular flexibility index (Phi) is 6.59. The Hall–Kier alpha value is -3.20. The second-order valence-electron chi connectivity index (χ2n) is 9.12. The van der Waals surface area contributed by atoms with Crippen molar-refractivity contribution in [3.8, 4) is 0 Å². The Morgan fingerprint density at radius 3 is 2.44 bits per heavy atom. The van der Waals surface area contributed by atoms with Crippen molar-refractivity contribution in [1.82, 2.24) is 5.32 Å². The molecule has 8 nitrogen and oxygen atoms in total. The Balaban J connectivity index is 1.68. The van der Waals surface area contributed by atoms with Crippen LogP contribution in [0.15, 0.2) is 60.7 Å². The number of hydrogen-bond donors (Lipinski definition) is 1. The SMILES string of the molecule is COC(=O)[C@H]1N[C@@H](c2ccccc2)[C@]2(C(=O)OC)[C@H]3OC/C(c4ccc(Cl)cc4)=C\C[C@H](C(=O)O3)[C@H]12. The van der Waals surface area contributed by atoms with E-state index in [2.05, 4.69) is 5.32 Å². The standard InChI is InChI=1S/C27H26ClNO7/c1-33-24(31)21-20-19-13-10-17(15-8-11-18(28)12-9-15)14-35-26(36-23(19)30)27(20,25(32)34-2)22(29-21)16-6-4-3-5-7-16/h3-12,19-22,26,29H,13-14H2,1-2H3/b17-10+/t19-,20+,21-,22-,26-,27+/m0/s1. The van der Waals surface area contributed by atoms with E-state index in [1.54, 1.807) is 12.1 Å². The minimum atomic E-state index is -1.53. The van der Waals surface area contributed by atoms with E-state index in [0.29, 0.717) is 5.02 Å². The van der Waals surface area contributed by atoms with Gasteiger partial charge in [0, 0.05) is 10.9 Å². The molecule has 2 saturated heterocycles. The number of carbonyl (C=O) groups is 3. The van der Waals surface area contributed by atoms with Crippen LogP contribution in [0.4, 0.5) is 0 Å². The molecule has 0 amide bonds. The minimum absolute atomic E-state index is 0.0716. The summed E-state index contributed by atoms with van der Waals surface area (Å²) in [5.74, 6) is -3.41. The van der Waals surface area contributed by atoms with Gasteiger partial charge in [-0.25, -0.2) is 0 Å². The zero-order chi connectivity index (χ0) is 25.4. The second-order valence-corrected chi connectivity index (χ2v) is 9.56. The Morgan fingerprint density at radius 1 is 1.06 bits per heavy atom. The predicted molar refractivity (Wildman–Crippen MR) is 129 cm³/mol. The highest BCUT2D eigenvalue weighted by atomic mass is 35.5. The van der Waals surface area contributed by atoms with Crippen molar-refractivity contribution in [2.75, 3.05) is 20.8 Å². The first-order chi connectivity index (χ1) is 17.4. The second kappa shape index (κ2) is 9.69. The van der Waals surface area contributed by atoms with Crippen LogP contribution in [0.25, 0.3) is 5.57 Å². The summed E-state index contributed by atoms with van der Waals surface area (Å²) in [4.78, 5) is 40.1. The van der Waals surface area contributed by atoms with Crippen LogP contribution in [0.3, 0.4) is 0 Å². The lowest BCUT2D eigenvalue weighted by Crippen LogP contribution is -2.61. The first-order valence-corrected chi connectivity index (χ1v) is 12.0. The molecule has 0 spiro atoms. The molecule has 2 aromatic rings. The van der Waals surface area contributed by atoms with Crippen LogP contribution in [0.5, 0.6) is 0 Å². The molecule has 0 radical (unpaired) electrons. The molecule has 36 heavy (non-hydrogen) atoms. The van der Waals surface area contributed by atoms with E-state index >= 15 is 0 Å². The Labute approximate surface area is 213 Å². The van der Waals surface area contributed by atoms with E-state index in [1.165, 1.54) is 14.2 Å². The monoisotopic (exact) mass is 511 g/mol. The third-order valence-corrected chi connectivity index (χ3v) is 7.69. The fourth-order valence-electron chi connectivity index (χ4n) is 5.84. The third-order valence-electron chi connectivity index (χ3n) is 7.43. The van der Waals surface area contributed by atoms with Crippen molar-refractivity contribution < 1.29 is 33.3 Å². The Bertz CT molecular complexity index is 1200. The van der Waals surface area contributed by atoms with E-state index in [1.807, 2.05) is 48.5 Å². The highest BCUT2D eigenvalue weighted by Gasteiger charge is 2.73. The third kappa shape index (κ3) is 3.80. The van der Waals surface area contributed by atoms with E-state index in [0.717, 1.165) is 16.7 Å². The van der Waals surface area contributed by atoms with Crippen LogP contribution >= 0.6 is 11.6 Å². The van der Waals surface area contributed by atoms with Gasteiger partial charge in [-0.1, -0.05) is 60.1 Å². The Morgan fingerprint density at radius 2 is 1.78 bits per heavy atom. The molecule has 6 atom stereocenters. The van der Waals surface area contributed by atoms with Gasteiger partial charge in [0.15, 0.2) is 5.41 Å². The lowest BCUT2D eigenvalue weighted by Gasteiger charge is -2.47. The van der Waals surface area contributed by atoms with Gasteiger partial charge < -0.3 is 18.9 Å². The fourth-order valence-corrected chi connectivity index (χ4v) is 5.97. The molecule has 0 aromatic heterocycles. The number of fused-ring (bicyclic) bond motifs is 4. The van der Waals surface area contributed by atoms with Crippen molar-refractivity contribution in [1.29, 1.82) is 0 Å². The first kappa shape index (κ1) is 24.5. The summed E-state index contributed by atoms with van der Waals surface area (Å²) in [6.07, 6.45) is 0.821. The number of halogens is 1. The number of carbonyl (C=O) groups excluding carboxylic acids is 3. The summed E-state index contributed by atoms with van der Waals surface area (Å²) in [5, 5.41) is 3.88. The maximum atomic E-state index is 13.8. The summed E-state index contributed by atoms with van der Waals surface area (Å²) in [7, 11) is 2.56. The number of allylic oxidation sites excluding steroid dienone is 1. The molecule has 1 N–H and O–H groups in total. The molecular weight excluding hydrogens is 486 g/mol. The summed E-state index contributed by atoms with van der Waals surface area (Å²) < 4.78 is 22.5. The first-order valence-electron chi connectivity index (χ1n) is 11.7. The number of esters is 3. The summed E-state index contributed by atoms with van der Waals surface area (Å²) in [6.45, 7) is 0.0716. The van der Waals surface area contributed by atoms with Crippen LogP contribution in [0, 0.1) is 17.3 Å². The van der Waals surface area contributed by atoms with Gasteiger partial charge in [0.05, 0.1) is 32.8 Å². The fraction of sp³-hybridized carbons (Fsp3) is 0.370. The number of hydrogen-bond acceptors (Lipinski definition) is 8. The molecule has 0 aliphatic carbocycles. The molecule has 4 aliphatic heterocycles. The van der Waals surface area contributed by atoms with Crippen molar-refractivity contribution in [3.05, 3.63) is 76.8 Å². The van der Waals surface area contributed by atoms with Gasteiger partial charge in [-0.15, -0.1) is 0 Å². The van der Waals surface area contributed by atoms with Gasteiger partial charge in [0.1, 0.15) is 6.04 Å². The predicted octanol–water partition coefficient (Wildman–Crippen LogP) is 3.30. The quantitative estimate of drug-likeness (QED) is 0.493. The topological polar surface area (TPSA) is 100 Å².